The topological polar surface area (TPSA) is 40.9 Å². The first-order valence-electron chi connectivity index (χ1n) is 4.96. The van der Waals surface area contributed by atoms with Gasteiger partial charge < -0.3 is 4.79 Å². The van der Waals surface area contributed by atoms with Crippen molar-refractivity contribution in [2.75, 3.05) is 5.75 Å². The van der Waals surface area contributed by atoms with Crippen LogP contribution in [0.3, 0.4) is 0 Å². The van der Waals surface area contributed by atoms with Gasteiger partial charge in [0.25, 0.3) is 0 Å². The van der Waals surface area contributed by atoms with E-state index in [2.05, 4.69) is 0 Å². The normalized spacial score (nSPS) is 9.81. The Kier molecular flexibility index (Phi) is 5.00. The first kappa shape index (κ1) is 12.7. The van der Waals surface area contributed by atoms with Crippen molar-refractivity contribution >= 4 is 17.5 Å². The zero-order chi connectivity index (χ0) is 12.0. The Morgan fingerprint density at radius 1 is 1.56 bits per heavy atom. The van der Waals surface area contributed by atoms with E-state index in [1.807, 2.05) is 6.07 Å². The number of carbonyl (C=O) groups excluding carboxylic acids is 1. The van der Waals surface area contributed by atoms with Crippen LogP contribution in [0.4, 0.5) is 4.39 Å². The average molecular weight is 237 g/mol. The van der Waals surface area contributed by atoms with E-state index in [0.29, 0.717) is 11.3 Å². The van der Waals surface area contributed by atoms with Crippen LogP contribution in [0.2, 0.25) is 0 Å². The van der Waals surface area contributed by atoms with E-state index in [-0.39, 0.29) is 11.3 Å². The highest BCUT2D eigenvalue weighted by Crippen LogP contribution is 2.25. The van der Waals surface area contributed by atoms with Crippen molar-refractivity contribution in [2.45, 2.75) is 24.7 Å². The molecule has 0 unspecified atom stereocenters. The van der Waals surface area contributed by atoms with E-state index in [9.17, 15) is 9.18 Å². The summed E-state index contributed by atoms with van der Waals surface area (Å²) in [6, 6.07) is 6.44. The standard InChI is InChI=1S/C12H12FNOS/c1-9(15)4-3-7-16-12-6-2-5-11(13)10(12)8-14/h2,5-6H,3-4,7H2,1H3. The van der Waals surface area contributed by atoms with Crippen molar-refractivity contribution in [1.82, 2.24) is 0 Å². The summed E-state index contributed by atoms with van der Waals surface area (Å²) >= 11 is 1.41. The van der Waals surface area contributed by atoms with E-state index in [4.69, 9.17) is 5.26 Å². The van der Waals surface area contributed by atoms with E-state index >= 15 is 0 Å². The van der Waals surface area contributed by atoms with Crippen LogP contribution in [0.5, 0.6) is 0 Å². The monoisotopic (exact) mass is 237 g/mol. The summed E-state index contributed by atoms with van der Waals surface area (Å²) in [6.07, 6.45) is 1.28. The second-order valence-electron chi connectivity index (χ2n) is 3.38. The van der Waals surface area contributed by atoms with Crippen LogP contribution in [-0.4, -0.2) is 11.5 Å². The van der Waals surface area contributed by atoms with Crippen molar-refractivity contribution in [3.63, 3.8) is 0 Å². The van der Waals surface area contributed by atoms with Gasteiger partial charge in [-0.1, -0.05) is 6.07 Å². The third-order valence-electron chi connectivity index (χ3n) is 2.02. The minimum Gasteiger partial charge on any atom is -0.300 e. The summed E-state index contributed by atoms with van der Waals surface area (Å²) in [7, 11) is 0. The molecule has 0 amide bonds. The van der Waals surface area contributed by atoms with Gasteiger partial charge in [0, 0.05) is 11.3 Å². The highest BCUT2D eigenvalue weighted by molar-refractivity contribution is 7.99. The van der Waals surface area contributed by atoms with Crippen molar-refractivity contribution < 1.29 is 9.18 Å². The van der Waals surface area contributed by atoms with Gasteiger partial charge in [0.15, 0.2) is 0 Å². The lowest BCUT2D eigenvalue weighted by Gasteiger charge is -2.03. The number of carbonyl (C=O) groups is 1. The Balaban J connectivity index is 2.58. The zero-order valence-electron chi connectivity index (χ0n) is 9.00. The Morgan fingerprint density at radius 3 is 2.94 bits per heavy atom. The van der Waals surface area contributed by atoms with Gasteiger partial charge in [0.2, 0.25) is 0 Å². The molecule has 0 saturated heterocycles. The Morgan fingerprint density at radius 2 is 2.31 bits per heavy atom. The van der Waals surface area contributed by atoms with Crippen LogP contribution in [0, 0.1) is 17.1 Å². The Hall–Kier alpha value is -1.34. The highest BCUT2D eigenvalue weighted by atomic mass is 32.2. The molecule has 1 aromatic rings. The van der Waals surface area contributed by atoms with Crippen molar-refractivity contribution in [1.29, 1.82) is 5.26 Å². The molecule has 1 rings (SSSR count). The fraction of sp³-hybridized carbons (Fsp3) is 0.333. The molecule has 1 aromatic carbocycles. The number of nitrogens with zero attached hydrogens (tertiary/aromatic N) is 1. The second kappa shape index (κ2) is 6.29. The SMILES string of the molecule is CC(=O)CCCSc1cccc(F)c1C#N. The van der Waals surface area contributed by atoms with Crippen molar-refractivity contribution in [3.05, 3.63) is 29.6 Å². The lowest BCUT2D eigenvalue weighted by atomic mass is 10.2. The van der Waals surface area contributed by atoms with Gasteiger partial charge in [-0.3, -0.25) is 0 Å². The average Bonchev–Trinajstić information content (AvgIpc) is 2.24. The number of halogens is 1. The molecule has 0 atom stereocenters. The van der Waals surface area contributed by atoms with Crippen molar-refractivity contribution in [2.24, 2.45) is 0 Å². The lowest BCUT2D eigenvalue weighted by Crippen LogP contribution is -1.92. The molecule has 0 aliphatic carbocycles. The molecule has 0 aliphatic heterocycles. The molecule has 0 fully saturated rings. The minimum atomic E-state index is -0.487. The molecule has 0 N–H and O–H groups in total. The van der Waals surface area contributed by atoms with Gasteiger partial charge in [-0.05, 0) is 31.2 Å². The number of thioether (sulfide) groups is 1. The fourth-order valence-corrected chi connectivity index (χ4v) is 2.21. The van der Waals surface area contributed by atoms with Crippen LogP contribution in [0.15, 0.2) is 23.1 Å². The number of Topliss-reactive ketones (excluding diaryl/α,β-unsaturated/α-hetero) is 1. The van der Waals surface area contributed by atoms with Crippen LogP contribution in [0.25, 0.3) is 0 Å². The fourth-order valence-electron chi connectivity index (χ4n) is 1.24. The lowest BCUT2D eigenvalue weighted by molar-refractivity contribution is -0.117. The number of ketones is 1. The summed E-state index contributed by atoms with van der Waals surface area (Å²) in [5.41, 5.74) is 0.0929. The van der Waals surface area contributed by atoms with E-state index < -0.39 is 5.82 Å². The maximum Gasteiger partial charge on any atom is 0.142 e. The van der Waals surface area contributed by atoms with Gasteiger partial charge in [-0.2, -0.15) is 5.26 Å². The van der Waals surface area contributed by atoms with Gasteiger partial charge in [0.05, 0.1) is 0 Å². The third-order valence-corrected chi connectivity index (χ3v) is 3.16. The predicted molar refractivity (Wildman–Crippen MR) is 61.8 cm³/mol. The van der Waals surface area contributed by atoms with Gasteiger partial charge in [0.1, 0.15) is 23.2 Å². The van der Waals surface area contributed by atoms with Crippen LogP contribution < -0.4 is 0 Å². The van der Waals surface area contributed by atoms with Crippen molar-refractivity contribution in [3.8, 4) is 6.07 Å². The summed E-state index contributed by atoms with van der Waals surface area (Å²) in [5.74, 6) is 0.386. The summed E-state index contributed by atoms with van der Waals surface area (Å²) in [5, 5.41) is 8.79. The molecule has 2 nitrogen and oxygen atoms in total. The molecule has 0 spiro atoms. The molecule has 4 heteroatoms. The predicted octanol–water partition coefficient (Wildman–Crippen LogP) is 3.16. The molecule has 0 heterocycles. The molecular formula is C12H12FNOS. The van der Waals surface area contributed by atoms with Gasteiger partial charge in [-0.15, -0.1) is 11.8 Å². The summed E-state index contributed by atoms with van der Waals surface area (Å²) in [6.45, 7) is 1.55. The van der Waals surface area contributed by atoms with E-state index in [1.54, 1.807) is 19.1 Å². The Labute approximate surface area is 98.5 Å². The molecule has 0 aliphatic rings. The summed E-state index contributed by atoms with van der Waals surface area (Å²) < 4.78 is 13.2. The highest BCUT2D eigenvalue weighted by Gasteiger charge is 2.07. The minimum absolute atomic E-state index is 0.0929. The molecule has 0 aromatic heterocycles. The number of rotatable bonds is 5. The molecule has 0 radical (unpaired) electrons. The van der Waals surface area contributed by atoms with E-state index in [0.717, 1.165) is 12.2 Å². The largest absolute Gasteiger partial charge is 0.300 e. The Bertz CT molecular complexity index is 426. The number of hydrogen-bond donors (Lipinski definition) is 0. The van der Waals surface area contributed by atoms with E-state index in [1.165, 1.54) is 17.8 Å². The second-order valence-corrected chi connectivity index (χ2v) is 4.52. The smallest absolute Gasteiger partial charge is 0.142 e. The number of benzene rings is 1. The van der Waals surface area contributed by atoms with Crippen LogP contribution in [-0.2, 0) is 4.79 Å². The molecule has 16 heavy (non-hydrogen) atoms. The maximum absolute atomic E-state index is 13.2. The maximum atomic E-state index is 13.2. The van der Waals surface area contributed by atoms with Gasteiger partial charge >= 0.3 is 0 Å². The number of nitriles is 1. The summed E-state index contributed by atoms with van der Waals surface area (Å²) in [4.78, 5) is 11.4. The van der Waals surface area contributed by atoms with Crippen LogP contribution >= 0.6 is 11.8 Å². The molecule has 84 valence electrons. The zero-order valence-corrected chi connectivity index (χ0v) is 9.81. The molecule has 0 bridgehead atoms. The van der Waals surface area contributed by atoms with Gasteiger partial charge in [-0.25, -0.2) is 4.39 Å². The number of hydrogen-bond acceptors (Lipinski definition) is 3. The third kappa shape index (κ3) is 3.67. The quantitative estimate of drug-likeness (QED) is 0.583. The molecular weight excluding hydrogens is 225 g/mol. The molecule has 0 saturated carbocycles. The first-order valence-corrected chi connectivity index (χ1v) is 5.94. The first-order chi connectivity index (χ1) is 7.65. The van der Waals surface area contributed by atoms with Crippen LogP contribution in [0.1, 0.15) is 25.3 Å².